The monoisotopic (exact) mass is 265 g/mol. The number of pyridine rings is 1. The number of fused-ring (bicyclic) bond motifs is 2. The van der Waals surface area contributed by atoms with Crippen molar-refractivity contribution in [1.29, 1.82) is 0 Å². The summed E-state index contributed by atoms with van der Waals surface area (Å²) in [7, 11) is 0. The first-order valence-corrected chi connectivity index (χ1v) is 6.66. The number of nitrogen functional groups attached to an aromatic ring is 1. The average molecular weight is 266 g/mol. The van der Waals surface area contributed by atoms with Gasteiger partial charge in [0, 0.05) is 18.2 Å². The fourth-order valence-electron chi connectivity index (χ4n) is 3.55. The lowest BCUT2D eigenvalue weighted by Crippen LogP contribution is -2.40. The van der Waals surface area contributed by atoms with Gasteiger partial charge in [0.15, 0.2) is 5.78 Å². The van der Waals surface area contributed by atoms with Gasteiger partial charge in [0.05, 0.1) is 10.6 Å². The summed E-state index contributed by atoms with van der Waals surface area (Å²) in [4.78, 5) is 16.5. The Morgan fingerprint density at radius 1 is 1.39 bits per heavy atom. The van der Waals surface area contributed by atoms with Gasteiger partial charge in [-0.3, -0.25) is 4.79 Å². The highest BCUT2D eigenvalue weighted by Gasteiger charge is 2.49. The first kappa shape index (κ1) is 11.9. The van der Waals surface area contributed by atoms with Gasteiger partial charge in [-0.1, -0.05) is 11.6 Å². The third-order valence-corrected chi connectivity index (χ3v) is 4.64. The average Bonchev–Trinajstić information content (AvgIpc) is 2.92. The summed E-state index contributed by atoms with van der Waals surface area (Å²) < 4.78 is 0. The molecule has 1 heterocycles. The van der Waals surface area contributed by atoms with Crippen molar-refractivity contribution in [2.75, 3.05) is 5.73 Å². The molecule has 2 bridgehead atoms. The molecule has 0 amide bonds. The zero-order valence-electron chi connectivity index (χ0n) is 9.97. The number of nitrogens with two attached hydrogens (primary N) is 2. The molecule has 18 heavy (non-hydrogen) atoms. The molecule has 2 fully saturated rings. The Kier molecular flexibility index (Phi) is 2.79. The first-order valence-electron chi connectivity index (χ1n) is 6.28. The number of anilines is 1. The number of ketones is 1. The molecule has 1 aromatic rings. The summed E-state index contributed by atoms with van der Waals surface area (Å²) in [5, 5.41) is 0.435. The topological polar surface area (TPSA) is 82.0 Å². The molecule has 4 atom stereocenters. The molecule has 4 nitrogen and oxygen atoms in total. The van der Waals surface area contributed by atoms with Crippen molar-refractivity contribution in [1.82, 2.24) is 4.98 Å². The Hall–Kier alpha value is -1.13. The van der Waals surface area contributed by atoms with E-state index in [1.165, 1.54) is 6.20 Å². The summed E-state index contributed by atoms with van der Waals surface area (Å²) in [6.45, 7) is 0. The maximum absolute atomic E-state index is 12.6. The highest BCUT2D eigenvalue weighted by molar-refractivity contribution is 6.31. The summed E-state index contributed by atoms with van der Waals surface area (Å²) in [5.41, 5.74) is 12.4. The molecule has 4 unspecified atom stereocenters. The van der Waals surface area contributed by atoms with Crippen molar-refractivity contribution in [3.8, 4) is 0 Å². The smallest absolute Gasteiger partial charge is 0.171 e. The minimum absolute atomic E-state index is 0.0159. The Bertz CT molecular complexity index is 503. The number of hydrogen-bond donors (Lipinski definition) is 2. The number of Topliss-reactive ketones (excluding diaryl/α,β-unsaturated/α-hetero) is 1. The molecule has 0 spiro atoms. The maximum Gasteiger partial charge on any atom is 0.171 e. The summed E-state index contributed by atoms with van der Waals surface area (Å²) in [5.74, 6) is 1.07. The van der Waals surface area contributed by atoms with Crippen LogP contribution in [0.1, 0.15) is 29.6 Å². The molecular formula is C13H16ClN3O. The minimum atomic E-state index is -0.105. The molecule has 0 aromatic carbocycles. The van der Waals surface area contributed by atoms with Crippen molar-refractivity contribution in [3.63, 3.8) is 0 Å². The molecule has 2 aliphatic carbocycles. The Balaban J connectivity index is 1.93. The van der Waals surface area contributed by atoms with E-state index in [0.29, 0.717) is 22.4 Å². The molecular weight excluding hydrogens is 250 g/mol. The van der Waals surface area contributed by atoms with Gasteiger partial charge in [0.25, 0.3) is 0 Å². The lowest BCUT2D eigenvalue weighted by molar-refractivity contribution is 0.0857. The van der Waals surface area contributed by atoms with Gasteiger partial charge < -0.3 is 11.5 Å². The lowest BCUT2D eigenvalue weighted by atomic mass is 9.80. The molecule has 1 aromatic heterocycles. The van der Waals surface area contributed by atoms with E-state index in [9.17, 15) is 4.79 Å². The number of aromatic nitrogens is 1. The van der Waals surface area contributed by atoms with Gasteiger partial charge in [-0.05, 0) is 37.2 Å². The number of rotatable bonds is 2. The minimum Gasteiger partial charge on any atom is -0.383 e. The second-order valence-electron chi connectivity index (χ2n) is 5.39. The van der Waals surface area contributed by atoms with Crippen molar-refractivity contribution in [3.05, 3.63) is 22.8 Å². The highest BCUT2D eigenvalue weighted by atomic mass is 35.5. The van der Waals surface area contributed by atoms with E-state index < -0.39 is 0 Å². The van der Waals surface area contributed by atoms with Crippen LogP contribution in [-0.2, 0) is 0 Å². The Labute approximate surface area is 111 Å². The van der Waals surface area contributed by atoms with Crippen molar-refractivity contribution in [2.45, 2.75) is 25.3 Å². The van der Waals surface area contributed by atoms with Gasteiger partial charge >= 0.3 is 0 Å². The summed E-state index contributed by atoms with van der Waals surface area (Å²) >= 11 is 5.88. The van der Waals surface area contributed by atoms with E-state index >= 15 is 0 Å². The van der Waals surface area contributed by atoms with Crippen LogP contribution >= 0.6 is 11.6 Å². The standard InChI is InChI=1S/C13H16ClN3O/c14-8-4-9(13(16)17-5-8)12(18)10-6-1-2-7(3-6)11(10)15/h4-7,10-11H,1-3,15H2,(H2,16,17). The van der Waals surface area contributed by atoms with Crippen LogP contribution in [0.3, 0.4) is 0 Å². The van der Waals surface area contributed by atoms with Crippen LogP contribution in [0.5, 0.6) is 0 Å². The predicted molar refractivity (Wildman–Crippen MR) is 70.3 cm³/mol. The molecule has 0 radical (unpaired) electrons. The van der Waals surface area contributed by atoms with Crippen LogP contribution in [0.25, 0.3) is 0 Å². The molecule has 0 aliphatic heterocycles. The summed E-state index contributed by atoms with van der Waals surface area (Å²) in [6, 6.07) is 1.57. The quantitative estimate of drug-likeness (QED) is 0.800. The van der Waals surface area contributed by atoms with E-state index in [-0.39, 0.29) is 23.6 Å². The Morgan fingerprint density at radius 2 is 2.11 bits per heavy atom. The van der Waals surface area contributed by atoms with Crippen LogP contribution in [0.2, 0.25) is 5.02 Å². The highest BCUT2D eigenvalue weighted by Crippen LogP contribution is 2.48. The molecule has 2 aliphatic rings. The predicted octanol–water partition coefficient (Wildman–Crippen LogP) is 1.87. The van der Waals surface area contributed by atoms with Crippen molar-refractivity contribution in [2.24, 2.45) is 23.5 Å². The number of nitrogens with zero attached hydrogens (tertiary/aromatic N) is 1. The zero-order chi connectivity index (χ0) is 12.9. The second kappa shape index (κ2) is 4.21. The fraction of sp³-hybridized carbons (Fsp3) is 0.538. The lowest BCUT2D eigenvalue weighted by Gasteiger charge is -2.27. The molecule has 2 saturated carbocycles. The zero-order valence-corrected chi connectivity index (χ0v) is 10.7. The van der Waals surface area contributed by atoms with E-state index in [0.717, 1.165) is 19.3 Å². The van der Waals surface area contributed by atoms with E-state index in [2.05, 4.69) is 4.98 Å². The summed E-state index contributed by atoms with van der Waals surface area (Å²) in [6.07, 6.45) is 4.78. The van der Waals surface area contributed by atoms with Gasteiger partial charge in [-0.2, -0.15) is 0 Å². The van der Waals surface area contributed by atoms with Crippen LogP contribution in [0.15, 0.2) is 12.3 Å². The normalized spacial score (nSPS) is 33.9. The number of carbonyl (C=O) groups excluding carboxylic acids is 1. The maximum atomic E-state index is 12.6. The van der Waals surface area contributed by atoms with Crippen molar-refractivity contribution < 1.29 is 4.79 Å². The van der Waals surface area contributed by atoms with Crippen LogP contribution in [0.4, 0.5) is 5.82 Å². The molecule has 3 rings (SSSR count). The SMILES string of the molecule is Nc1ncc(Cl)cc1C(=O)C1C2CCC(C2)C1N. The number of halogens is 1. The first-order chi connectivity index (χ1) is 8.58. The van der Waals surface area contributed by atoms with E-state index in [1.54, 1.807) is 6.07 Å². The van der Waals surface area contributed by atoms with Gasteiger partial charge in [-0.25, -0.2) is 4.98 Å². The largest absolute Gasteiger partial charge is 0.383 e. The fourth-order valence-corrected chi connectivity index (χ4v) is 3.71. The molecule has 0 saturated heterocycles. The van der Waals surface area contributed by atoms with Gasteiger partial charge in [0.2, 0.25) is 0 Å². The van der Waals surface area contributed by atoms with Gasteiger partial charge in [0.1, 0.15) is 5.82 Å². The van der Waals surface area contributed by atoms with E-state index in [1.807, 2.05) is 0 Å². The van der Waals surface area contributed by atoms with E-state index in [4.69, 9.17) is 23.1 Å². The number of hydrogen-bond acceptors (Lipinski definition) is 4. The van der Waals surface area contributed by atoms with Crippen molar-refractivity contribution >= 4 is 23.2 Å². The molecule has 5 heteroatoms. The third kappa shape index (κ3) is 1.71. The molecule has 96 valence electrons. The van der Waals surface area contributed by atoms with Gasteiger partial charge in [-0.15, -0.1) is 0 Å². The number of carbonyl (C=O) groups is 1. The Morgan fingerprint density at radius 3 is 2.78 bits per heavy atom. The van der Waals surface area contributed by atoms with Crippen LogP contribution in [-0.4, -0.2) is 16.8 Å². The van der Waals surface area contributed by atoms with Crippen LogP contribution in [0, 0.1) is 17.8 Å². The third-order valence-electron chi connectivity index (χ3n) is 4.43. The second-order valence-corrected chi connectivity index (χ2v) is 5.82. The molecule has 4 N–H and O–H groups in total. The van der Waals surface area contributed by atoms with Crippen LogP contribution < -0.4 is 11.5 Å².